The van der Waals surface area contributed by atoms with E-state index >= 15 is 0 Å². The van der Waals surface area contributed by atoms with Crippen LogP contribution in [-0.4, -0.2) is 74.3 Å². The van der Waals surface area contributed by atoms with Gasteiger partial charge in [-0.05, 0) is 109 Å². The van der Waals surface area contributed by atoms with Gasteiger partial charge in [-0.25, -0.2) is 4.57 Å². The first-order valence-electron chi connectivity index (χ1n) is 34.1. The maximum atomic E-state index is 13.6. The molecule has 10 heteroatoms. The molecule has 0 aliphatic rings. The van der Waals surface area contributed by atoms with Crippen LogP contribution in [0.1, 0.15) is 297 Å². The summed E-state index contributed by atoms with van der Waals surface area (Å²) in [5.41, 5.74) is 0. The van der Waals surface area contributed by atoms with Gasteiger partial charge < -0.3 is 19.4 Å². The molecule has 3 atom stereocenters. The van der Waals surface area contributed by atoms with Crippen molar-refractivity contribution in [1.29, 1.82) is 0 Å². The molecule has 0 aliphatic carbocycles. The first-order valence-corrected chi connectivity index (χ1v) is 35.6. The van der Waals surface area contributed by atoms with Crippen molar-refractivity contribution in [3.05, 3.63) is 97.2 Å². The highest BCUT2D eigenvalue weighted by atomic mass is 31.2. The van der Waals surface area contributed by atoms with E-state index in [0.717, 1.165) is 116 Å². The van der Waals surface area contributed by atoms with Crippen LogP contribution in [0.5, 0.6) is 0 Å². The Balaban J connectivity index is 5.17. The van der Waals surface area contributed by atoms with Crippen molar-refractivity contribution in [2.45, 2.75) is 309 Å². The summed E-state index contributed by atoms with van der Waals surface area (Å²) in [6.07, 6.45) is 82.7. The third kappa shape index (κ3) is 61.5. The number of ether oxygens (including phenoxy) is 1. The third-order valence-electron chi connectivity index (χ3n) is 14.8. The fourth-order valence-corrected chi connectivity index (χ4v) is 10.3. The van der Waals surface area contributed by atoms with Crippen LogP contribution in [0.2, 0.25) is 0 Å². The normalized spacial score (nSPS) is 14.2. The zero-order chi connectivity index (χ0) is 60.0. The van der Waals surface area contributed by atoms with E-state index in [1.165, 1.54) is 148 Å². The summed E-state index contributed by atoms with van der Waals surface area (Å²) >= 11 is 0. The molecule has 0 aliphatic heterocycles. The van der Waals surface area contributed by atoms with Crippen LogP contribution >= 0.6 is 7.82 Å². The molecule has 0 saturated heterocycles. The van der Waals surface area contributed by atoms with E-state index in [4.69, 9.17) is 13.8 Å². The number of carbonyl (C=O) groups excluding carboxylic acids is 2. The second-order valence-corrected chi connectivity index (χ2v) is 25.4. The van der Waals surface area contributed by atoms with Gasteiger partial charge in [0.15, 0.2) is 0 Å². The number of likely N-dealkylation sites (N-methyl/N-ethyl adjacent to an activating group) is 1. The molecular formula is C72H130N2O7P+. The van der Waals surface area contributed by atoms with Crippen LogP contribution in [0.4, 0.5) is 0 Å². The van der Waals surface area contributed by atoms with Crippen molar-refractivity contribution in [2.75, 3.05) is 40.9 Å². The summed E-state index contributed by atoms with van der Waals surface area (Å²) < 4.78 is 30.8. The molecule has 3 unspecified atom stereocenters. The summed E-state index contributed by atoms with van der Waals surface area (Å²) in [5, 5.41) is 3.06. The van der Waals surface area contributed by atoms with Gasteiger partial charge in [0.1, 0.15) is 19.3 Å². The van der Waals surface area contributed by atoms with Crippen molar-refractivity contribution < 1.29 is 37.3 Å². The number of rotatable bonds is 61. The van der Waals surface area contributed by atoms with Crippen molar-refractivity contribution in [1.82, 2.24) is 5.32 Å². The van der Waals surface area contributed by atoms with Gasteiger partial charge in [0.2, 0.25) is 5.91 Å². The number of nitrogens with one attached hydrogen (secondary N) is 1. The molecule has 0 heterocycles. The lowest BCUT2D eigenvalue weighted by molar-refractivity contribution is -0.870. The molecule has 0 aromatic rings. The Labute approximate surface area is 507 Å². The number of hydrogen-bond acceptors (Lipinski definition) is 6. The molecule has 2 N–H and O–H groups in total. The van der Waals surface area contributed by atoms with Crippen LogP contribution in [0.25, 0.3) is 0 Å². The molecule has 0 fully saturated rings. The smallest absolute Gasteiger partial charge is 0.456 e. The number of amides is 1. The number of phosphoric ester groups is 1. The largest absolute Gasteiger partial charge is 0.472 e. The zero-order valence-electron chi connectivity index (χ0n) is 54.2. The van der Waals surface area contributed by atoms with E-state index < -0.39 is 20.0 Å². The molecule has 0 rings (SSSR count). The number of hydrogen-bond donors (Lipinski definition) is 2. The number of nitrogens with zero attached hydrogens (tertiary/aromatic N) is 1. The Hall–Kier alpha value is -3.07. The molecule has 0 spiro atoms. The van der Waals surface area contributed by atoms with Gasteiger partial charge in [0, 0.05) is 12.8 Å². The molecule has 0 aromatic carbocycles. The summed E-state index contributed by atoms with van der Waals surface area (Å²) in [6, 6.07) is -0.865. The highest BCUT2D eigenvalue weighted by Crippen LogP contribution is 2.43. The minimum atomic E-state index is -4.46. The first kappa shape index (κ1) is 78.9. The van der Waals surface area contributed by atoms with E-state index in [-0.39, 0.29) is 31.5 Å². The van der Waals surface area contributed by atoms with E-state index in [9.17, 15) is 19.0 Å². The Morgan fingerprint density at radius 2 is 0.780 bits per heavy atom. The lowest BCUT2D eigenvalue weighted by Crippen LogP contribution is -2.47. The number of carbonyl (C=O) groups is 2. The van der Waals surface area contributed by atoms with Gasteiger partial charge in [-0.2, -0.15) is 0 Å². The van der Waals surface area contributed by atoms with Crippen molar-refractivity contribution >= 4 is 19.7 Å². The van der Waals surface area contributed by atoms with Gasteiger partial charge in [-0.1, -0.05) is 272 Å². The van der Waals surface area contributed by atoms with Gasteiger partial charge in [0.25, 0.3) is 0 Å². The van der Waals surface area contributed by atoms with E-state index in [1.54, 1.807) is 0 Å². The lowest BCUT2D eigenvalue weighted by atomic mass is 10.0. The minimum Gasteiger partial charge on any atom is -0.456 e. The fourth-order valence-electron chi connectivity index (χ4n) is 9.53. The number of phosphoric acid groups is 1. The lowest BCUT2D eigenvalue weighted by Gasteiger charge is -2.27. The number of esters is 1. The van der Waals surface area contributed by atoms with Crippen LogP contribution in [0, 0.1) is 0 Å². The second-order valence-electron chi connectivity index (χ2n) is 24.0. The molecule has 0 saturated carbocycles. The number of quaternary nitrogens is 1. The second kappa shape index (κ2) is 61.0. The molecule has 0 aromatic heterocycles. The zero-order valence-corrected chi connectivity index (χ0v) is 55.1. The topological polar surface area (TPSA) is 111 Å². The van der Waals surface area contributed by atoms with Crippen LogP contribution in [-0.2, 0) is 27.9 Å². The van der Waals surface area contributed by atoms with Crippen LogP contribution in [0.3, 0.4) is 0 Å². The molecule has 0 radical (unpaired) electrons. The fraction of sp³-hybridized carbons (Fsp3) is 0.750. The summed E-state index contributed by atoms with van der Waals surface area (Å²) in [4.78, 5) is 37.8. The van der Waals surface area contributed by atoms with E-state index in [2.05, 4.69) is 111 Å². The van der Waals surface area contributed by atoms with Gasteiger partial charge in [0.05, 0.1) is 33.8 Å². The predicted molar refractivity (Wildman–Crippen MR) is 355 cm³/mol. The maximum Gasteiger partial charge on any atom is 0.472 e. The molecule has 0 bridgehead atoms. The minimum absolute atomic E-state index is 0.0323. The average molecular weight is 1170 g/mol. The quantitative estimate of drug-likeness (QED) is 0.0205. The third-order valence-corrected chi connectivity index (χ3v) is 15.7. The Bertz CT molecular complexity index is 1720. The predicted octanol–water partition coefficient (Wildman–Crippen LogP) is 21.5. The Morgan fingerprint density at radius 1 is 0.439 bits per heavy atom. The van der Waals surface area contributed by atoms with E-state index in [1.807, 2.05) is 33.3 Å². The number of unbranched alkanes of at least 4 members (excludes halogenated alkanes) is 31. The standard InChI is InChI=1S/C72H129N2O7P/c1-7-10-13-16-19-22-25-28-30-32-34-36-37-39-41-43-45-47-50-53-56-59-62-65-72(76)81-70(63-60-57-54-51-48-27-24-21-18-15-12-9-3)69(68-80-82(77,78)79-67-66-74(4,5)6)73-71(75)64-61-58-55-52-49-46-44-42-40-38-35-33-31-29-26-23-20-17-14-11-8-2/h11,14,19-20,22-23,28-31,35,38,42,44,60,63,69-70H,7-10,12-13,15-18,21,24-27,32-34,36-37,39-41,43,45-59,61-62,64-68H2,1-6H3,(H-,73,75,77,78)/p+1/b14-11-,22-19-,23-20-,30-28-,31-29-,38-35-,44-42-,63-60+. The SMILES string of the molecule is CC/C=C\C/C=C\C/C=C\C/C=C\C/C=C\CCCCCCCC(=O)NC(COP(=O)(O)OCC[N+](C)(C)C)C(/C=C/CCCCCCCCCCCC)OC(=O)CCCCCCCCCCCCCCC/C=C\C/C=C\CCCCC. The van der Waals surface area contributed by atoms with Gasteiger partial charge in [-0.15, -0.1) is 0 Å². The molecule has 9 nitrogen and oxygen atoms in total. The number of allylic oxidation sites excluding steroid dienone is 15. The molecular weight excluding hydrogens is 1040 g/mol. The van der Waals surface area contributed by atoms with Crippen LogP contribution in [0.15, 0.2) is 97.2 Å². The summed E-state index contributed by atoms with van der Waals surface area (Å²) in [7, 11) is 1.48. The van der Waals surface area contributed by atoms with Gasteiger partial charge in [-0.3, -0.25) is 18.6 Å². The average Bonchev–Trinajstić information content (AvgIpc) is 3.44. The monoisotopic (exact) mass is 1170 g/mol. The van der Waals surface area contributed by atoms with Gasteiger partial charge >= 0.3 is 13.8 Å². The summed E-state index contributed by atoms with van der Waals surface area (Å²) in [5.74, 6) is -0.526. The molecule has 82 heavy (non-hydrogen) atoms. The molecule has 1 amide bonds. The van der Waals surface area contributed by atoms with E-state index in [0.29, 0.717) is 17.4 Å². The highest BCUT2D eigenvalue weighted by molar-refractivity contribution is 7.47. The van der Waals surface area contributed by atoms with Crippen LogP contribution < -0.4 is 5.32 Å². The molecule has 474 valence electrons. The van der Waals surface area contributed by atoms with Crippen molar-refractivity contribution in [3.63, 3.8) is 0 Å². The Kier molecular flexibility index (Phi) is 58.7. The highest BCUT2D eigenvalue weighted by Gasteiger charge is 2.30. The Morgan fingerprint density at radius 3 is 1.20 bits per heavy atom. The first-order chi connectivity index (χ1) is 39.9. The maximum absolute atomic E-state index is 13.6. The van der Waals surface area contributed by atoms with Crippen molar-refractivity contribution in [2.24, 2.45) is 0 Å². The summed E-state index contributed by atoms with van der Waals surface area (Å²) in [6.45, 7) is 6.87. The van der Waals surface area contributed by atoms with Crippen molar-refractivity contribution in [3.8, 4) is 0 Å².